The zero-order valence-corrected chi connectivity index (χ0v) is 11.2. The van der Waals surface area contributed by atoms with Gasteiger partial charge in [-0.05, 0) is 63.4 Å². The lowest BCUT2D eigenvalue weighted by atomic mass is 9.98. The van der Waals surface area contributed by atoms with Crippen molar-refractivity contribution in [3.63, 3.8) is 0 Å². The summed E-state index contributed by atoms with van der Waals surface area (Å²) in [5.41, 5.74) is 6.09. The molecule has 1 aromatic heterocycles. The Kier molecular flexibility index (Phi) is 2.62. The van der Waals surface area contributed by atoms with Crippen LogP contribution in [0.15, 0.2) is 24.3 Å². The number of nitrogens with zero attached hydrogens (tertiary/aromatic N) is 2. The van der Waals surface area contributed by atoms with Gasteiger partial charge in [0.25, 0.3) is 0 Å². The van der Waals surface area contributed by atoms with Crippen LogP contribution in [0.3, 0.4) is 0 Å². The van der Waals surface area contributed by atoms with Crippen molar-refractivity contribution >= 4 is 5.69 Å². The van der Waals surface area contributed by atoms with E-state index in [2.05, 4.69) is 48.5 Å². The minimum absolute atomic E-state index is 0.581. The zero-order valence-electron chi connectivity index (χ0n) is 11.2. The van der Waals surface area contributed by atoms with Gasteiger partial charge in [-0.1, -0.05) is 0 Å². The SMILES string of the molecule is Cc1cc(C)n(-c2ccc3c(c2)CCC(C)N3)n1. The van der Waals surface area contributed by atoms with E-state index >= 15 is 0 Å². The van der Waals surface area contributed by atoms with Gasteiger partial charge in [0.2, 0.25) is 0 Å². The highest BCUT2D eigenvalue weighted by Gasteiger charge is 2.15. The van der Waals surface area contributed by atoms with Crippen molar-refractivity contribution in [3.05, 3.63) is 41.2 Å². The van der Waals surface area contributed by atoms with E-state index in [9.17, 15) is 0 Å². The summed E-state index contributed by atoms with van der Waals surface area (Å²) in [4.78, 5) is 0. The van der Waals surface area contributed by atoms with Gasteiger partial charge in [-0.3, -0.25) is 0 Å². The summed E-state index contributed by atoms with van der Waals surface area (Å²) in [6, 6.07) is 9.27. The molecular weight excluding hydrogens is 222 g/mol. The van der Waals surface area contributed by atoms with E-state index in [1.165, 1.54) is 23.4 Å². The second-order valence-corrected chi connectivity index (χ2v) is 5.26. The Bertz CT molecular complexity index is 583. The van der Waals surface area contributed by atoms with Crippen molar-refractivity contribution in [2.45, 2.75) is 39.7 Å². The van der Waals surface area contributed by atoms with Crippen LogP contribution in [0, 0.1) is 13.8 Å². The number of fused-ring (bicyclic) bond motifs is 1. The molecule has 1 atom stereocenters. The molecule has 0 radical (unpaired) electrons. The van der Waals surface area contributed by atoms with E-state index in [4.69, 9.17) is 0 Å². The summed E-state index contributed by atoms with van der Waals surface area (Å²) in [6.07, 6.45) is 2.35. The molecule has 1 aliphatic heterocycles. The summed E-state index contributed by atoms with van der Waals surface area (Å²) in [6.45, 7) is 6.36. The molecule has 1 aliphatic rings. The average molecular weight is 241 g/mol. The normalized spacial score (nSPS) is 18.3. The molecule has 94 valence electrons. The fourth-order valence-electron chi connectivity index (χ4n) is 2.66. The maximum Gasteiger partial charge on any atom is 0.0653 e. The molecule has 3 heteroatoms. The van der Waals surface area contributed by atoms with Gasteiger partial charge in [-0.15, -0.1) is 0 Å². The molecule has 3 rings (SSSR count). The fourth-order valence-corrected chi connectivity index (χ4v) is 2.66. The Hall–Kier alpha value is -1.77. The van der Waals surface area contributed by atoms with Gasteiger partial charge < -0.3 is 5.32 Å². The van der Waals surface area contributed by atoms with Crippen LogP contribution in [0.2, 0.25) is 0 Å². The maximum absolute atomic E-state index is 4.54. The number of hydrogen-bond acceptors (Lipinski definition) is 2. The lowest BCUT2D eigenvalue weighted by molar-refractivity contribution is 0.679. The molecular formula is C15H19N3. The molecule has 3 nitrogen and oxygen atoms in total. The number of benzene rings is 1. The van der Waals surface area contributed by atoms with Crippen LogP contribution in [0.5, 0.6) is 0 Å². The van der Waals surface area contributed by atoms with Gasteiger partial charge in [0.1, 0.15) is 0 Å². The first-order valence-corrected chi connectivity index (χ1v) is 6.56. The number of nitrogens with one attached hydrogen (secondary N) is 1. The summed E-state index contributed by atoms with van der Waals surface area (Å²) in [5.74, 6) is 0. The Morgan fingerprint density at radius 2 is 2.11 bits per heavy atom. The first-order valence-electron chi connectivity index (χ1n) is 6.56. The highest BCUT2D eigenvalue weighted by molar-refractivity contribution is 5.58. The topological polar surface area (TPSA) is 29.9 Å². The van der Waals surface area contributed by atoms with Crippen molar-refractivity contribution in [2.24, 2.45) is 0 Å². The third-order valence-corrected chi connectivity index (χ3v) is 3.59. The van der Waals surface area contributed by atoms with Crippen LogP contribution in [0.4, 0.5) is 5.69 Å². The minimum Gasteiger partial charge on any atom is -0.382 e. The summed E-state index contributed by atoms with van der Waals surface area (Å²) in [5, 5.41) is 8.07. The van der Waals surface area contributed by atoms with Crippen LogP contribution in [0.1, 0.15) is 30.3 Å². The number of rotatable bonds is 1. The Labute approximate surface area is 108 Å². The third kappa shape index (κ3) is 1.90. The predicted molar refractivity (Wildman–Crippen MR) is 74.4 cm³/mol. The summed E-state index contributed by atoms with van der Waals surface area (Å²) < 4.78 is 2.02. The maximum atomic E-state index is 4.54. The van der Waals surface area contributed by atoms with Crippen LogP contribution < -0.4 is 5.32 Å². The molecule has 0 saturated heterocycles. The van der Waals surface area contributed by atoms with E-state index in [1.807, 2.05) is 11.6 Å². The van der Waals surface area contributed by atoms with Crippen molar-refractivity contribution in [2.75, 3.05) is 5.32 Å². The Morgan fingerprint density at radius 3 is 2.83 bits per heavy atom. The summed E-state index contributed by atoms with van der Waals surface area (Å²) >= 11 is 0. The van der Waals surface area contributed by atoms with Gasteiger partial charge in [0.05, 0.1) is 11.4 Å². The molecule has 0 aliphatic carbocycles. The molecule has 2 heterocycles. The lowest BCUT2D eigenvalue weighted by Gasteiger charge is -2.24. The quantitative estimate of drug-likeness (QED) is 0.830. The summed E-state index contributed by atoms with van der Waals surface area (Å²) in [7, 11) is 0. The number of anilines is 1. The predicted octanol–water partition coefficient (Wildman–Crippen LogP) is 3.24. The van der Waals surface area contributed by atoms with Crippen molar-refractivity contribution < 1.29 is 0 Å². The smallest absolute Gasteiger partial charge is 0.0653 e. The largest absolute Gasteiger partial charge is 0.382 e. The second kappa shape index (κ2) is 4.16. The van der Waals surface area contributed by atoms with Crippen LogP contribution >= 0.6 is 0 Å². The Morgan fingerprint density at radius 1 is 1.28 bits per heavy atom. The van der Waals surface area contributed by atoms with E-state index in [0.717, 1.165) is 17.8 Å². The highest BCUT2D eigenvalue weighted by Crippen LogP contribution is 2.27. The molecule has 0 saturated carbocycles. The highest BCUT2D eigenvalue weighted by atomic mass is 15.3. The standard InChI is InChI=1S/C15H19N3/c1-10-4-5-13-9-14(6-7-15(13)16-10)18-12(3)8-11(2)17-18/h6-10,16H,4-5H2,1-3H3. The molecule has 2 aromatic rings. The van der Waals surface area contributed by atoms with Gasteiger partial charge >= 0.3 is 0 Å². The first-order chi connectivity index (χ1) is 8.63. The number of aryl methyl sites for hydroxylation is 3. The van der Waals surface area contributed by atoms with Crippen LogP contribution in [0.25, 0.3) is 5.69 Å². The molecule has 1 unspecified atom stereocenters. The Balaban J connectivity index is 2.02. The molecule has 1 aromatic carbocycles. The molecule has 18 heavy (non-hydrogen) atoms. The van der Waals surface area contributed by atoms with E-state index in [-0.39, 0.29) is 0 Å². The lowest BCUT2D eigenvalue weighted by Crippen LogP contribution is -2.22. The van der Waals surface area contributed by atoms with Crippen molar-refractivity contribution in [3.8, 4) is 5.69 Å². The van der Waals surface area contributed by atoms with Crippen LogP contribution in [-0.4, -0.2) is 15.8 Å². The number of aromatic nitrogens is 2. The second-order valence-electron chi connectivity index (χ2n) is 5.26. The molecule has 0 fully saturated rings. The van der Waals surface area contributed by atoms with Gasteiger partial charge in [-0.2, -0.15) is 5.10 Å². The van der Waals surface area contributed by atoms with Gasteiger partial charge in [0.15, 0.2) is 0 Å². The number of hydrogen-bond donors (Lipinski definition) is 1. The fraction of sp³-hybridized carbons (Fsp3) is 0.400. The minimum atomic E-state index is 0.581. The monoisotopic (exact) mass is 241 g/mol. The first kappa shape index (κ1) is 11.3. The molecule has 1 N–H and O–H groups in total. The van der Waals surface area contributed by atoms with Crippen molar-refractivity contribution in [1.82, 2.24) is 9.78 Å². The third-order valence-electron chi connectivity index (χ3n) is 3.59. The molecule has 0 spiro atoms. The molecule has 0 bridgehead atoms. The zero-order chi connectivity index (χ0) is 12.7. The van der Waals surface area contributed by atoms with Gasteiger partial charge in [0, 0.05) is 17.4 Å². The van der Waals surface area contributed by atoms with E-state index in [0.29, 0.717) is 6.04 Å². The average Bonchev–Trinajstić information content (AvgIpc) is 2.68. The van der Waals surface area contributed by atoms with E-state index < -0.39 is 0 Å². The van der Waals surface area contributed by atoms with Crippen molar-refractivity contribution in [1.29, 1.82) is 0 Å². The van der Waals surface area contributed by atoms with E-state index in [1.54, 1.807) is 0 Å². The molecule has 0 amide bonds. The van der Waals surface area contributed by atoms with Crippen LogP contribution in [-0.2, 0) is 6.42 Å². The van der Waals surface area contributed by atoms with Gasteiger partial charge in [-0.25, -0.2) is 4.68 Å².